The number of halogens is 4. The largest absolute Gasteiger partial charge is 0.619 e. The number of carbonyl (C=O) groups excluding carboxylic acids is 1. The van der Waals surface area contributed by atoms with Crippen LogP contribution in [-0.4, -0.2) is 46.0 Å². The van der Waals surface area contributed by atoms with E-state index in [4.69, 9.17) is 4.74 Å². The third-order valence-electron chi connectivity index (χ3n) is 6.28. The quantitative estimate of drug-likeness (QED) is 0.280. The van der Waals surface area contributed by atoms with Crippen LogP contribution < -0.4 is 14.8 Å². The number of pyridine rings is 2. The topological polar surface area (TPSA) is 102 Å². The normalized spacial score (nSPS) is 18.3. The van der Waals surface area contributed by atoms with Crippen LogP contribution in [0.1, 0.15) is 30.4 Å². The van der Waals surface area contributed by atoms with Gasteiger partial charge in [0.2, 0.25) is 5.91 Å². The zero-order valence-corrected chi connectivity index (χ0v) is 19.7. The van der Waals surface area contributed by atoms with E-state index in [1.54, 1.807) is 11.8 Å². The smallest absolute Gasteiger partial charge is 0.257 e. The van der Waals surface area contributed by atoms with Crippen LogP contribution in [0.15, 0.2) is 55.0 Å². The Hall–Kier alpha value is -3.77. The van der Waals surface area contributed by atoms with Crippen molar-refractivity contribution < 1.29 is 36.9 Å². The lowest BCUT2D eigenvalue weighted by Crippen LogP contribution is -2.52. The van der Waals surface area contributed by atoms with Crippen molar-refractivity contribution in [1.29, 1.82) is 0 Å². The molecule has 4 rings (SSSR count). The molecule has 0 radical (unpaired) electrons. The van der Waals surface area contributed by atoms with Crippen molar-refractivity contribution >= 4 is 11.7 Å². The maximum absolute atomic E-state index is 14.6. The van der Waals surface area contributed by atoms with E-state index in [1.807, 2.05) is 0 Å². The second kappa shape index (κ2) is 10.7. The Kier molecular flexibility index (Phi) is 7.60. The Morgan fingerprint density at radius 1 is 1.30 bits per heavy atom. The van der Waals surface area contributed by atoms with Crippen molar-refractivity contribution in [2.75, 3.05) is 18.4 Å². The lowest BCUT2D eigenvalue weighted by atomic mass is 9.87. The molecule has 1 saturated heterocycles. The number of ether oxygens (including phenoxy) is 1. The zero-order chi connectivity index (χ0) is 26.7. The number of carbonyl (C=O) groups is 1. The molecule has 0 spiro atoms. The van der Waals surface area contributed by atoms with Gasteiger partial charge in [0.25, 0.3) is 5.92 Å². The van der Waals surface area contributed by atoms with E-state index >= 15 is 0 Å². The molecule has 1 aliphatic rings. The van der Waals surface area contributed by atoms with Gasteiger partial charge in [-0.15, -0.1) is 0 Å². The average Bonchev–Trinajstić information content (AvgIpc) is 2.86. The highest BCUT2D eigenvalue weighted by Gasteiger charge is 2.46. The molecule has 3 heterocycles. The van der Waals surface area contributed by atoms with Gasteiger partial charge < -0.3 is 20.4 Å². The number of amides is 1. The van der Waals surface area contributed by atoms with Crippen molar-refractivity contribution in [2.45, 2.75) is 37.8 Å². The third kappa shape index (κ3) is 5.97. The van der Waals surface area contributed by atoms with E-state index in [0.29, 0.717) is 16.4 Å². The zero-order valence-electron chi connectivity index (χ0n) is 19.7. The fourth-order valence-electron chi connectivity index (χ4n) is 4.16. The van der Waals surface area contributed by atoms with Gasteiger partial charge in [-0.1, -0.05) is 0 Å². The molecule has 2 aromatic heterocycles. The number of aliphatic hydroxyl groups is 1. The Bertz CT molecular complexity index is 1260. The van der Waals surface area contributed by atoms with Gasteiger partial charge in [0, 0.05) is 43.3 Å². The van der Waals surface area contributed by atoms with Crippen LogP contribution in [0.2, 0.25) is 0 Å². The molecular formula is C25H24F4N4O4. The van der Waals surface area contributed by atoms with Crippen LogP contribution in [0.25, 0.3) is 0 Å². The number of hydrogen-bond acceptors (Lipinski definition) is 6. The van der Waals surface area contributed by atoms with Gasteiger partial charge in [-0.2, -0.15) is 4.73 Å². The monoisotopic (exact) mass is 520 g/mol. The number of rotatable bonds is 7. The van der Waals surface area contributed by atoms with Crippen molar-refractivity contribution in [3.8, 4) is 11.5 Å². The second-order valence-corrected chi connectivity index (χ2v) is 8.73. The average molecular weight is 520 g/mol. The van der Waals surface area contributed by atoms with Crippen molar-refractivity contribution in [1.82, 2.24) is 9.88 Å². The number of hydrogen-bond donors (Lipinski definition) is 2. The summed E-state index contributed by atoms with van der Waals surface area (Å²) < 4.78 is 62.6. The minimum atomic E-state index is -2.99. The van der Waals surface area contributed by atoms with Crippen LogP contribution in [0.3, 0.4) is 0 Å². The molecule has 196 valence electrons. The predicted octanol–water partition coefficient (Wildman–Crippen LogP) is 3.73. The first kappa shape index (κ1) is 26.3. The summed E-state index contributed by atoms with van der Waals surface area (Å²) in [6.45, 7) is 0.873. The third-order valence-corrected chi connectivity index (χ3v) is 6.28. The van der Waals surface area contributed by atoms with Crippen LogP contribution in [0.5, 0.6) is 11.5 Å². The summed E-state index contributed by atoms with van der Waals surface area (Å²) in [6.07, 6.45) is 3.09. The van der Waals surface area contributed by atoms with Crippen LogP contribution in [0.4, 0.5) is 23.4 Å². The number of aromatic nitrogens is 2. The summed E-state index contributed by atoms with van der Waals surface area (Å²) >= 11 is 0. The molecule has 37 heavy (non-hydrogen) atoms. The number of anilines is 1. The van der Waals surface area contributed by atoms with Gasteiger partial charge >= 0.3 is 0 Å². The van der Waals surface area contributed by atoms with Gasteiger partial charge in [-0.25, -0.2) is 22.5 Å². The predicted molar refractivity (Wildman–Crippen MR) is 124 cm³/mol. The molecule has 1 amide bonds. The first-order valence-electron chi connectivity index (χ1n) is 11.4. The number of nitrogens with one attached hydrogen (secondary N) is 1. The summed E-state index contributed by atoms with van der Waals surface area (Å²) in [7, 11) is 0. The van der Waals surface area contributed by atoms with Crippen LogP contribution in [0, 0.1) is 16.8 Å². The molecule has 0 aliphatic carbocycles. The van der Waals surface area contributed by atoms with Crippen molar-refractivity contribution in [3.63, 3.8) is 0 Å². The molecule has 1 aromatic carbocycles. The molecule has 1 aliphatic heterocycles. The standard InChI is InChI=1S/C25H24F4N4O4/c1-15(32-9-6-25(28,29)20(13-32)16-4-7-33(36)8-5-16)24(35)31-22-3-2-19(12-30-22)37-23-17(14-34)10-18(26)11-21(23)27/h2-5,7-8,10-12,15,20,34H,6,9,13-14H2,1H3,(H,30,31,35)/t15-,20?/m0/s1. The van der Waals surface area contributed by atoms with E-state index < -0.39 is 48.5 Å². The van der Waals surface area contributed by atoms with Gasteiger partial charge in [0.05, 0.1) is 24.8 Å². The van der Waals surface area contributed by atoms with E-state index in [9.17, 15) is 32.7 Å². The van der Waals surface area contributed by atoms with Crippen molar-refractivity contribution in [3.05, 3.63) is 83.0 Å². The Morgan fingerprint density at radius 3 is 2.68 bits per heavy atom. The molecule has 2 N–H and O–H groups in total. The maximum atomic E-state index is 14.6. The van der Waals surface area contributed by atoms with Gasteiger partial charge in [-0.05, 0) is 30.7 Å². The molecule has 1 fully saturated rings. The second-order valence-electron chi connectivity index (χ2n) is 8.73. The molecule has 1 unspecified atom stereocenters. The Balaban J connectivity index is 1.41. The molecule has 12 heteroatoms. The maximum Gasteiger partial charge on any atom is 0.257 e. The first-order chi connectivity index (χ1) is 17.6. The number of aliphatic hydroxyl groups excluding tert-OH is 1. The molecule has 0 bridgehead atoms. The molecule has 2 atom stereocenters. The molecule has 3 aromatic rings. The molecular weight excluding hydrogens is 496 g/mol. The lowest BCUT2D eigenvalue weighted by molar-refractivity contribution is -0.605. The number of piperidine rings is 1. The van der Waals surface area contributed by atoms with E-state index in [1.165, 1.54) is 30.5 Å². The van der Waals surface area contributed by atoms with Crippen molar-refractivity contribution in [2.24, 2.45) is 0 Å². The number of nitrogens with zero attached hydrogens (tertiary/aromatic N) is 3. The Morgan fingerprint density at radius 2 is 2.03 bits per heavy atom. The summed E-state index contributed by atoms with van der Waals surface area (Å²) in [4.78, 5) is 18.5. The van der Waals surface area contributed by atoms with Gasteiger partial charge in [0.1, 0.15) is 17.4 Å². The minimum absolute atomic E-state index is 0.00308. The minimum Gasteiger partial charge on any atom is -0.619 e. The molecule has 8 nitrogen and oxygen atoms in total. The fraction of sp³-hybridized carbons (Fsp3) is 0.320. The summed E-state index contributed by atoms with van der Waals surface area (Å²) in [5, 5.41) is 23.2. The summed E-state index contributed by atoms with van der Waals surface area (Å²) in [5.41, 5.74) is 0.227. The summed E-state index contributed by atoms with van der Waals surface area (Å²) in [6, 6.07) is 6.31. The van der Waals surface area contributed by atoms with E-state index in [2.05, 4.69) is 10.3 Å². The molecule has 0 saturated carbocycles. The van der Waals surface area contributed by atoms with Crippen LogP contribution in [-0.2, 0) is 11.4 Å². The van der Waals surface area contributed by atoms with E-state index in [0.717, 1.165) is 18.5 Å². The number of benzene rings is 1. The highest BCUT2D eigenvalue weighted by Crippen LogP contribution is 2.40. The highest BCUT2D eigenvalue weighted by atomic mass is 19.3. The van der Waals surface area contributed by atoms with Gasteiger partial charge in [-0.3, -0.25) is 9.69 Å². The SMILES string of the molecule is C[C@@H](C(=O)Nc1ccc(Oc2c(F)cc(F)cc2CO)cn1)N1CCC(F)(F)C(c2cc[n+]([O-])cc2)C1. The van der Waals surface area contributed by atoms with Crippen LogP contribution >= 0.6 is 0 Å². The number of alkyl halides is 2. The fourth-order valence-corrected chi connectivity index (χ4v) is 4.16. The lowest BCUT2D eigenvalue weighted by Gasteiger charge is -2.40. The van der Waals surface area contributed by atoms with E-state index in [-0.39, 0.29) is 36.0 Å². The van der Waals surface area contributed by atoms with Gasteiger partial charge in [0.15, 0.2) is 24.0 Å². The summed E-state index contributed by atoms with van der Waals surface area (Å²) in [5.74, 6) is -6.62. The highest BCUT2D eigenvalue weighted by molar-refractivity contribution is 5.93. The Labute approximate surface area is 209 Å². The first-order valence-corrected chi connectivity index (χ1v) is 11.4. The number of likely N-dealkylation sites (tertiary alicyclic amines) is 1.